The van der Waals surface area contributed by atoms with E-state index in [9.17, 15) is 22.9 Å². The Hall–Kier alpha value is -1.38. The standard InChI is InChI=1S/C10H8Cl2FNO5S/c1-6(4-11)5-19-10-8(13)2-7(14(15)16)3-9(10)20(12,17)18/h2-4H,5H2,1H3/b6-4+. The van der Waals surface area contributed by atoms with E-state index in [0.717, 1.165) is 5.54 Å². The Labute approximate surface area is 123 Å². The van der Waals surface area contributed by atoms with Gasteiger partial charge in [0, 0.05) is 22.3 Å². The fraction of sp³-hybridized carbons (Fsp3) is 0.200. The first-order valence-electron chi connectivity index (χ1n) is 4.98. The van der Waals surface area contributed by atoms with Gasteiger partial charge >= 0.3 is 0 Å². The second kappa shape index (κ2) is 6.38. The molecule has 0 radical (unpaired) electrons. The van der Waals surface area contributed by atoms with Crippen molar-refractivity contribution in [3.8, 4) is 5.75 Å². The van der Waals surface area contributed by atoms with Crippen LogP contribution in [-0.4, -0.2) is 19.9 Å². The largest absolute Gasteiger partial charge is 0.485 e. The lowest BCUT2D eigenvalue weighted by Crippen LogP contribution is -2.06. The van der Waals surface area contributed by atoms with Crippen LogP contribution in [0.1, 0.15) is 6.92 Å². The molecule has 10 heteroatoms. The average Bonchev–Trinajstić information content (AvgIpc) is 2.34. The first-order valence-corrected chi connectivity index (χ1v) is 7.72. The van der Waals surface area contributed by atoms with Gasteiger partial charge in [0.15, 0.2) is 11.6 Å². The van der Waals surface area contributed by atoms with Crippen LogP contribution >= 0.6 is 22.3 Å². The lowest BCUT2D eigenvalue weighted by Gasteiger charge is -2.10. The van der Waals surface area contributed by atoms with E-state index in [4.69, 9.17) is 27.0 Å². The van der Waals surface area contributed by atoms with Gasteiger partial charge in [0.25, 0.3) is 14.7 Å². The zero-order valence-corrected chi connectivity index (χ0v) is 12.3. The number of non-ortho nitro benzene ring substituents is 1. The maximum Gasteiger partial charge on any atom is 0.273 e. The number of hydrogen-bond donors (Lipinski definition) is 0. The molecule has 0 fully saturated rings. The van der Waals surface area contributed by atoms with Gasteiger partial charge in [0.1, 0.15) is 11.5 Å². The topological polar surface area (TPSA) is 86.5 Å². The Balaban J connectivity index is 3.39. The van der Waals surface area contributed by atoms with Gasteiger partial charge in [-0.3, -0.25) is 10.1 Å². The number of ether oxygens (including phenoxy) is 1. The third kappa shape index (κ3) is 4.06. The Morgan fingerprint density at radius 2 is 2.15 bits per heavy atom. The Morgan fingerprint density at radius 3 is 2.60 bits per heavy atom. The SMILES string of the molecule is C/C(=C\Cl)COc1c(F)cc([N+](=O)[O-])cc1S(=O)(=O)Cl. The first kappa shape index (κ1) is 16.7. The summed E-state index contributed by atoms with van der Waals surface area (Å²) in [6.45, 7) is 1.36. The smallest absolute Gasteiger partial charge is 0.273 e. The molecular weight excluding hydrogens is 336 g/mol. The van der Waals surface area contributed by atoms with Crippen molar-refractivity contribution >= 4 is 37.0 Å². The highest BCUT2D eigenvalue weighted by atomic mass is 35.7. The van der Waals surface area contributed by atoms with Crippen LogP contribution in [0, 0.1) is 15.9 Å². The van der Waals surface area contributed by atoms with Crippen LogP contribution in [0.25, 0.3) is 0 Å². The first-order chi connectivity index (χ1) is 9.16. The number of benzene rings is 1. The third-order valence-electron chi connectivity index (χ3n) is 2.10. The van der Waals surface area contributed by atoms with Crippen LogP contribution in [-0.2, 0) is 9.05 Å². The summed E-state index contributed by atoms with van der Waals surface area (Å²) in [5.74, 6) is -1.90. The molecule has 110 valence electrons. The predicted molar refractivity (Wildman–Crippen MR) is 71.2 cm³/mol. The van der Waals surface area contributed by atoms with Gasteiger partial charge in [0.2, 0.25) is 0 Å². The van der Waals surface area contributed by atoms with Crippen molar-refractivity contribution in [2.45, 2.75) is 11.8 Å². The molecule has 1 aromatic rings. The van der Waals surface area contributed by atoms with E-state index in [1.807, 2.05) is 0 Å². The van der Waals surface area contributed by atoms with Crippen LogP contribution in [0.4, 0.5) is 10.1 Å². The zero-order chi connectivity index (χ0) is 15.5. The van der Waals surface area contributed by atoms with E-state index >= 15 is 0 Å². The van der Waals surface area contributed by atoms with Gasteiger partial charge in [-0.05, 0) is 12.5 Å². The molecule has 1 rings (SSSR count). The van der Waals surface area contributed by atoms with Gasteiger partial charge in [-0.25, -0.2) is 12.8 Å². The van der Waals surface area contributed by atoms with E-state index in [0.29, 0.717) is 17.7 Å². The van der Waals surface area contributed by atoms with Gasteiger partial charge in [-0.1, -0.05) is 11.6 Å². The molecule has 0 aliphatic rings. The van der Waals surface area contributed by atoms with Crippen LogP contribution in [0.3, 0.4) is 0 Å². The van der Waals surface area contributed by atoms with Crippen LogP contribution < -0.4 is 4.74 Å². The highest BCUT2D eigenvalue weighted by Gasteiger charge is 2.25. The van der Waals surface area contributed by atoms with E-state index in [-0.39, 0.29) is 6.61 Å². The van der Waals surface area contributed by atoms with Crippen molar-refractivity contribution < 1.29 is 22.5 Å². The Morgan fingerprint density at radius 1 is 1.55 bits per heavy atom. The molecule has 0 saturated carbocycles. The Bertz CT molecular complexity index is 674. The molecule has 0 atom stereocenters. The highest BCUT2D eigenvalue weighted by Crippen LogP contribution is 2.34. The van der Waals surface area contributed by atoms with Gasteiger partial charge < -0.3 is 4.74 Å². The van der Waals surface area contributed by atoms with Crippen molar-refractivity contribution in [1.29, 1.82) is 0 Å². The summed E-state index contributed by atoms with van der Waals surface area (Å²) in [4.78, 5) is 8.84. The molecule has 0 aromatic heterocycles. The molecule has 0 aliphatic carbocycles. The zero-order valence-electron chi connectivity index (χ0n) is 9.97. The molecule has 20 heavy (non-hydrogen) atoms. The van der Waals surface area contributed by atoms with Crippen molar-refractivity contribution in [3.63, 3.8) is 0 Å². The molecule has 0 amide bonds. The second-order valence-electron chi connectivity index (χ2n) is 3.69. The minimum atomic E-state index is -4.42. The van der Waals surface area contributed by atoms with E-state index < -0.39 is 36.1 Å². The molecule has 0 aliphatic heterocycles. The van der Waals surface area contributed by atoms with Gasteiger partial charge in [-0.2, -0.15) is 0 Å². The summed E-state index contributed by atoms with van der Waals surface area (Å²) in [5.41, 5.74) is 0.902. The molecule has 0 saturated heterocycles. The second-order valence-corrected chi connectivity index (χ2v) is 6.45. The van der Waals surface area contributed by atoms with E-state index in [1.165, 1.54) is 0 Å². The van der Waals surface area contributed by atoms with Gasteiger partial charge in [0.05, 0.1) is 11.0 Å². The normalized spacial score (nSPS) is 12.3. The minimum absolute atomic E-state index is 0.197. The lowest BCUT2D eigenvalue weighted by molar-refractivity contribution is -0.385. The predicted octanol–water partition coefficient (Wildman–Crippen LogP) is 3.18. The van der Waals surface area contributed by atoms with Crippen molar-refractivity contribution in [2.24, 2.45) is 0 Å². The van der Waals surface area contributed by atoms with E-state index in [1.54, 1.807) is 6.92 Å². The summed E-state index contributed by atoms with van der Waals surface area (Å²) in [6.07, 6.45) is 0. The quantitative estimate of drug-likeness (QED) is 0.465. The third-order valence-corrected chi connectivity index (χ3v) is 3.80. The summed E-state index contributed by atoms with van der Waals surface area (Å²) in [6, 6.07) is 1.17. The number of hydrogen-bond acceptors (Lipinski definition) is 5. The molecule has 0 spiro atoms. The monoisotopic (exact) mass is 343 g/mol. The number of halogens is 3. The molecular formula is C10H8Cl2FNO5S. The summed E-state index contributed by atoms with van der Waals surface area (Å²) in [7, 11) is 0.708. The van der Waals surface area contributed by atoms with Crippen LogP contribution in [0.5, 0.6) is 5.75 Å². The molecule has 0 heterocycles. The summed E-state index contributed by atoms with van der Waals surface area (Å²) < 4.78 is 41.4. The number of nitro groups is 1. The molecule has 0 N–H and O–H groups in total. The fourth-order valence-electron chi connectivity index (χ4n) is 1.20. The maximum atomic E-state index is 13.8. The number of nitrogens with zero attached hydrogens (tertiary/aromatic N) is 1. The molecule has 1 aromatic carbocycles. The van der Waals surface area contributed by atoms with Crippen molar-refractivity contribution in [2.75, 3.05) is 6.61 Å². The molecule has 6 nitrogen and oxygen atoms in total. The fourth-order valence-corrected chi connectivity index (χ4v) is 2.24. The molecule has 0 unspecified atom stereocenters. The highest BCUT2D eigenvalue weighted by molar-refractivity contribution is 8.13. The average molecular weight is 344 g/mol. The lowest BCUT2D eigenvalue weighted by atomic mass is 10.3. The number of nitro benzene ring substituents is 1. The van der Waals surface area contributed by atoms with Gasteiger partial charge in [-0.15, -0.1) is 0 Å². The van der Waals surface area contributed by atoms with E-state index in [2.05, 4.69) is 0 Å². The maximum absolute atomic E-state index is 13.8. The van der Waals surface area contributed by atoms with Crippen LogP contribution in [0.2, 0.25) is 0 Å². The summed E-state index contributed by atoms with van der Waals surface area (Å²) >= 11 is 5.39. The van der Waals surface area contributed by atoms with Crippen LogP contribution in [0.15, 0.2) is 28.1 Å². The number of rotatable bonds is 5. The molecule has 0 bridgehead atoms. The minimum Gasteiger partial charge on any atom is -0.485 e. The van der Waals surface area contributed by atoms with Crippen molar-refractivity contribution in [1.82, 2.24) is 0 Å². The Kier molecular flexibility index (Phi) is 5.32. The van der Waals surface area contributed by atoms with Crippen molar-refractivity contribution in [3.05, 3.63) is 39.2 Å². The summed E-state index contributed by atoms with van der Waals surface area (Å²) in [5, 5.41) is 10.6.